The quantitative estimate of drug-likeness (QED) is 0.779. The number of nitrogens with one attached hydrogen (secondary N) is 1. The molecule has 146 valence electrons. The van der Waals surface area contributed by atoms with E-state index < -0.39 is 0 Å². The van der Waals surface area contributed by atoms with E-state index in [9.17, 15) is 4.79 Å². The smallest absolute Gasteiger partial charge is 0.275 e. The third-order valence-electron chi connectivity index (χ3n) is 4.95. The van der Waals surface area contributed by atoms with Crippen LogP contribution in [0.4, 0.5) is 0 Å². The number of hydrogen-bond acceptors (Lipinski definition) is 4. The molecule has 0 radical (unpaired) electrons. The first-order valence-corrected chi connectivity index (χ1v) is 10.2. The van der Waals surface area contributed by atoms with E-state index in [1.165, 1.54) is 5.56 Å². The Morgan fingerprint density at radius 1 is 1.22 bits per heavy atom. The van der Waals surface area contributed by atoms with E-state index in [1.807, 2.05) is 17.0 Å². The molecule has 7 heteroatoms. The first kappa shape index (κ1) is 19.9. The summed E-state index contributed by atoms with van der Waals surface area (Å²) in [5, 5.41) is 7.25. The van der Waals surface area contributed by atoms with Gasteiger partial charge in [-0.15, -0.1) is 0 Å². The maximum atomic E-state index is 12.9. The number of nitrogens with zero attached hydrogens (tertiary/aromatic N) is 3. The highest BCUT2D eigenvalue weighted by atomic mass is 79.9. The predicted octanol–water partition coefficient (Wildman–Crippen LogP) is 3.65. The van der Waals surface area contributed by atoms with Gasteiger partial charge in [-0.2, -0.15) is 5.10 Å². The number of methoxy groups -OCH3 is 1. The molecular weight excluding hydrogens is 408 g/mol. The molecule has 3 rings (SSSR count). The van der Waals surface area contributed by atoms with Crippen molar-refractivity contribution in [3.8, 4) is 5.75 Å². The summed E-state index contributed by atoms with van der Waals surface area (Å²) in [5.74, 6) is 1.16. The lowest BCUT2D eigenvalue weighted by Gasteiger charge is -2.21. The molecule has 1 saturated heterocycles. The highest BCUT2D eigenvalue weighted by molar-refractivity contribution is 9.10. The lowest BCUT2D eigenvalue weighted by molar-refractivity contribution is 0.0754. The van der Waals surface area contributed by atoms with Gasteiger partial charge < -0.3 is 9.64 Å². The molecule has 0 aliphatic carbocycles. The van der Waals surface area contributed by atoms with Crippen molar-refractivity contribution in [3.05, 3.63) is 45.7 Å². The van der Waals surface area contributed by atoms with E-state index in [4.69, 9.17) is 4.74 Å². The van der Waals surface area contributed by atoms with E-state index in [1.54, 1.807) is 7.11 Å². The van der Waals surface area contributed by atoms with Crippen LogP contribution in [0.1, 0.15) is 47.9 Å². The summed E-state index contributed by atoms with van der Waals surface area (Å²) in [6, 6.07) is 8.18. The summed E-state index contributed by atoms with van der Waals surface area (Å²) in [5.41, 5.74) is 2.71. The van der Waals surface area contributed by atoms with Crippen LogP contribution in [-0.2, 0) is 6.54 Å². The van der Waals surface area contributed by atoms with Gasteiger partial charge in [0, 0.05) is 32.7 Å². The molecule has 1 fully saturated rings. The van der Waals surface area contributed by atoms with Crippen molar-refractivity contribution >= 4 is 21.8 Å². The number of hydrogen-bond donors (Lipinski definition) is 1. The molecule has 0 bridgehead atoms. The molecule has 1 aliphatic rings. The van der Waals surface area contributed by atoms with Crippen LogP contribution in [0.15, 0.2) is 28.7 Å². The molecule has 27 heavy (non-hydrogen) atoms. The second-order valence-corrected chi connectivity index (χ2v) is 8.02. The molecule has 6 nitrogen and oxygen atoms in total. The second kappa shape index (κ2) is 8.89. The number of aromatic nitrogens is 2. The van der Waals surface area contributed by atoms with Crippen LogP contribution in [-0.4, -0.2) is 59.2 Å². The summed E-state index contributed by atoms with van der Waals surface area (Å²) >= 11 is 3.54. The zero-order valence-corrected chi connectivity index (χ0v) is 17.8. The minimum atomic E-state index is -0.00341. The molecule has 0 atom stereocenters. The molecule has 1 aromatic heterocycles. The molecule has 1 aromatic carbocycles. The molecule has 0 spiro atoms. The van der Waals surface area contributed by atoms with E-state index in [-0.39, 0.29) is 11.8 Å². The van der Waals surface area contributed by atoms with Crippen LogP contribution < -0.4 is 4.74 Å². The summed E-state index contributed by atoms with van der Waals surface area (Å²) < 4.78 is 6.01. The summed E-state index contributed by atoms with van der Waals surface area (Å²) in [4.78, 5) is 17.2. The lowest BCUT2D eigenvalue weighted by atomic mass is 10.1. The predicted molar refractivity (Wildman–Crippen MR) is 109 cm³/mol. The second-order valence-electron chi connectivity index (χ2n) is 7.22. The SMILES string of the molecule is COc1ccc(CN2CCCN(C(=O)c3n[nH]c(C(C)C)c3Br)CC2)cc1. The Morgan fingerprint density at radius 2 is 1.96 bits per heavy atom. The Morgan fingerprint density at radius 3 is 2.59 bits per heavy atom. The van der Waals surface area contributed by atoms with Gasteiger partial charge in [0.15, 0.2) is 5.69 Å². The minimum Gasteiger partial charge on any atom is -0.497 e. The molecule has 0 saturated carbocycles. The average molecular weight is 435 g/mol. The van der Waals surface area contributed by atoms with E-state index in [2.05, 4.69) is 57.0 Å². The van der Waals surface area contributed by atoms with Gasteiger partial charge in [-0.3, -0.25) is 14.8 Å². The Bertz CT molecular complexity index is 773. The summed E-state index contributed by atoms with van der Waals surface area (Å²) in [6.45, 7) is 8.35. The minimum absolute atomic E-state index is 0.00341. The lowest BCUT2D eigenvalue weighted by Crippen LogP contribution is -2.35. The molecule has 1 N–H and O–H groups in total. The molecule has 2 heterocycles. The van der Waals surface area contributed by atoms with E-state index in [0.717, 1.165) is 48.5 Å². The Balaban J connectivity index is 1.61. The van der Waals surface area contributed by atoms with Crippen LogP contribution in [0, 0.1) is 0 Å². The van der Waals surface area contributed by atoms with Gasteiger partial charge in [0.2, 0.25) is 0 Å². The van der Waals surface area contributed by atoms with Gasteiger partial charge in [0.25, 0.3) is 5.91 Å². The fraction of sp³-hybridized carbons (Fsp3) is 0.500. The van der Waals surface area contributed by atoms with Crippen molar-refractivity contribution in [1.29, 1.82) is 0 Å². The van der Waals surface area contributed by atoms with Gasteiger partial charge in [-0.05, 0) is 46.0 Å². The van der Waals surface area contributed by atoms with Crippen molar-refractivity contribution in [2.45, 2.75) is 32.7 Å². The zero-order chi connectivity index (χ0) is 19.4. The molecule has 2 aromatic rings. The maximum absolute atomic E-state index is 12.9. The summed E-state index contributed by atoms with van der Waals surface area (Å²) in [7, 11) is 1.68. The first-order chi connectivity index (χ1) is 13.0. The molecule has 0 unspecified atom stereocenters. The largest absolute Gasteiger partial charge is 0.497 e. The Kier molecular flexibility index (Phi) is 6.55. The number of aromatic amines is 1. The maximum Gasteiger partial charge on any atom is 0.275 e. The van der Waals surface area contributed by atoms with Gasteiger partial charge in [-0.1, -0.05) is 26.0 Å². The molecular formula is C20H27BrN4O2. The normalized spacial score (nSPS) is 15.8. The number of ether oxygens (including phenoxy) is 1. The Labute approximate surface area is 169 Å². The van der Waals surface area contributed by atoms with Crippen LogP contribution >= 0.6 is 15.9 Å². The van der Waals surface area contributed by atoms with Gasteiger partial charge in [0.1, 0.15) is 5.75 Å². The third kappa shape index (κ3) is 4.71. The van der Waals surface area contributed by atoms with Crippen molar-refractivity contribution < 1.29 is 9.53 Å². The monoisotopic (exact) mass is 434 g/mol. The zero-order valence-electron chi connectivity index (χ0n) is 16.2. The fourth-order valence-corrected chi connectivity index (χ4v) is 4.14. The third-order valence-corrected chi connectivity index (χ3v) is 5.76. The fourth-order valence-electron chi connectivity index (χ4n) is 3.34. The topological polar surface area (TPSA) is 61.5 Å². The highest BCUT2D eigenvalue weighted by Crippen LogP contribution is 2.26. The van der Waals surface area contributed by atoms with Crippen molar-refractivity contribution in [2.75, 3.05) is 33.3 Å². The molecule has 1 aliphatic heterocycles. The number of benzene rings is 1. The van der Waals surface area contributed by atoms with E-state index >= 15 is 0 Å². The van der Waals surface area contributed by atoms with Gasteiger partial charge in [-0.25, -0.2) is 0 Å². The first-order valence-electron chi connectivity index (χ1n) is 9.38. The average Bonchev–Trinajstić information content (AvgIpc) is 2.90. The Hall–Kier alpha value is -1.86. The van der Waals surface area contributed by atoms with Crippen molar-refractivity contribution in [1.82, 2.24) is 20.0 Å². The number of carbonyl (C=O) groups is 1. The van der Waals surface area contributed by atoms with Crippen LogP contribution in [0.25, 0.3) is 0 Å². The van der Waals surface area contributed by atoms with Crippen LogP contribution in [0.2, 0.25) is 0 Å². The van der Waals surface area contributed by atoms with Crippen LogP contribution in [0.3, 0.4) is 0 Å². The van der Waals surface area contributed by atoms with E-state index in [0.29, 0.717) is 12.2 Å². The number of amides is 1. The van der Waals surface area contributed by atoms with Crippen LogP contribution in [0.5, 0.6) is 5.75 Å². The number of halogens is 1. The highest BCUT2D eigenvalue weighted by Gasteiger charge is 2.26. The van der Waals surface area contributed by atoms with Crippen molar-refractivity contribution in [3.63, 3.8) is 0 Å². The summed E-state index contributed by atoms with van der Waals surface area (Å²) in [6.07, 6.45) is 0.959. The number of carbonyl (C=O) groups excluding carboxylic acids is 1. The van der Waals surface area contributed by atoms with Gasteiger partial charge in [0.05, 0.1) is 17.3 Å². The number of H-pyrrole nitrogens is 1. The van der Waals surface area contributed by atoms with Gasteiger partial charge >= 0.3 is 0 Å². The molecule has 1 amide bonds. The number of rotatable bonds is 5. The van der Waals surface area contributed by atoms with Crippen molar-refractivity contribution in [2.24, 2.45) is 0 Å². The standard InChI is InChI=1S/C20H27BrN4O2/c1-14(2)18-17(21)19(23-22-18)20(26)25-10-4-9-24(11-12-25)13-15-5-7-16(27-3)8-6-15/h5-8,14H,4,9-13H2,1-3H3,(H,22,23).